The quantitative estimate of drug-likeness (QED) is 0.533. The van der Waals surface area contributed by atoms with Crippen LogP contribution < -0.4 is 0 Å². The summed E-state index contributed by atoms with van der Waals surface area (Å²) in [6, 6.07) is 0. The summed E-state index contributed by atoms with van der Waals surface area (Å²) in [5.74, 6) is 4.00. The van der Waals surface area contributed by atoms with Crippen LogP contribution in [-0.4, -0.2) is 0 Å². The average molecular weight is 194 g/mol. The number of rotatable bonds is 0. The van der Waals surface area contributed by atoms with Gasteiger partial charge in [0.1, 0.15) is 0 Å². The molecule has 0 spiro atoms. The van der Waals surface area contributed by atoms with Gasteiger partial charge in [-0.2, -0.15) is 0 Å². The van der Waals surface area contributed by atoms with E-state index in [1.54, 1.807) is 0 Å². The van der Waals surface area contributed by atoms with E-state index in [4.69, 9.17) is 0 Å². The minimum atomic E-state index is 0.622. The normalized spacial score (nSPS) is 47.1. The molecule has 2 aliphatic carbocycles. The van der Waals surface area contributed by atoms with Crippen LogP contribution in [0.1, 0.15) is 59.8 Å². The fraction of sp³-hybridized carbons (Fsp3) is 1.00. The second kappa shape index (κ2) is 3.54. The van der Waals surface area contributed by atoms with Gasteiger partial charge in [-0.3, -0.25) is 0 Å². The van der Waals surface area contributed by atoms with Crippen LogP contribution in [0.4, 0.5) is 0 Å². The maximum atomic E-state index is 2.51. The highest BCUT2D eigenvalue weighted by Crippen LogP contribution is 2.54. The molecule has 0 nitrogen and oxygen atoms in total. The van der Waals surface area contributed by atoms with Crippen LogP contribution in [0.3, 0.4) is 0 Å². The Kier molecular flexibility index (Phi) is 2.66. The molecule has 0 aliphatic heterocycles. The fourth-order valence-corrected chi connectivity index (χ4v) is 4.36. The largest absolute Gasteiger partial charge is 0.0622 e. The Morgan fingerprint density at radius 1 is 1.00 bits per heavy atom. The number of hydrogen-bond acceptors (Lipinski definition) is 0. The van der Waals surface area contributed by atoms with Crippen molar-refractivity contribution in [2.24, 2.45) is 29.1 Å². The monoisotopic (exact) mass is 194 g/mol. The molecule has 4 atom stereocenters. The first kappa shape index (κ1) is 10.5. The lowest BCUT2D eigenvalue weighted by Crippen LogP contribution is -2.43. The molecule has 0 aromatic rings. The van der Waals surface area contributed by atoms with Crippen LogP contribution in [0.15, 0.2) is 0 Å². The fourth-order valence-electron chi connectivity index (χ4n) is 4.36. The van der Waals surface area contributed by atoms with Crippen molar-refractivity contribution in [1.29, 1.82) is 0 Å². The van der Waals surface area contributed by atoms with Gasteiger partial charge in [0.25, 0.3) is 0 Å². The standard InChI is InChI=1S/C14H26/c1-10-7-8-12-6-5-9-14(3,4)13(12)11(10)2/h10-13H,5-9H2,1-4H3. The van der Waals surface area contributed by atoms with Gasteiger partial charge in [0.15, 0.2) is 0 Å². The summed E-state index contributed by atoms with van der Waals surface area (Å²) >= 11 is 0. The Hall–Kier alpha value is 0. The second-order valence-electron chi connectivity index (χ2n) is 6.58. The van der Waals surface area contributed by atoms with Crippen LogP contribution in [0.2, 0.25) is 0 Å². The third kappa shape index (κ3) is 1.61. The number of hydrogen-bond donors (Lipinski definition) is 0. The molecule has 0 heteroatoms. The van der Waals surface area contributed by atoms with Gasteiger partial charge in [0.05, 0.1) is 0 Å². The van der Waals surface area contributed by atoms with E-state index in [2.05, 4.69) is 27.7 Å². The lowest BCUT2D eigenvalue weighted by molar-refractivity contribution is -0.0234. The molecule has 0 radical (unpaired) electrons. The SMILES string of the molecule is CC1CCC2CCCC(C)(C)C2C1C. The van der Waals surface area contributed by atoms with E-state index in [0.29, 0.717) is 5.41 Å². The summed E-state index contributed by atoms with van der Waals surface area (Å²) < 4.78 is 0. The minimum absolute atomic E-state index is 0.622. The topological polar surface area (TPSA) is 0 Å². The predicted octanol–water partition coefficient (Wildman–Crippen LogP) is 4.49. The third-order valence-corrected chi connectivity index (χ3v) is 5.26. The molecule has 4 unspecified atom stereocenters. The van der Waals surface area contributed by atoms with E-state index in [1.807, 2.05) is 0 Å². The first-order valence-electron chi connectivity index (χ1n) is 6.52. The molecule has 14 heavy (non-hydrogen) atoms. The van der Waals surface area contributed by atoms with Gasteiger partial charge in [-0.05, 0) is 41.9 Å². The summed E-state index contributed by atoms with van der Waals surface area (Å²) in [5.41, 5.74) is 0.622. The Bertz CT molecular complexity index is 202. The predicted molar refractivity (Wildman–Crippen MR) is 62.2 cm³/mol. The lowest BCUT2D eigenvalue weighted by Gasteiger charge is -2.52. The zero-order chi connectivity index (χ0) is 10.3. The Balaban J connectivity index is 2.19. The van der Waals surface area contributed by atoms with Crippen LogP contribution in [0.25, 0.3) is 0 Å². The van der Waals surface area contributed by atoms with Gasteiger partial charge in [0.2, 0.25) is 0 Å². The van der Waals surface area contributed by atoms with Crippen molar-refractivity contribution in [3.63, 3.8) is 0 Å². The molecule has 0 bridgehead atoms. The van der Waals surface area contributed by atoms with Crippen molar-refractivity contribution >= 4 is 0 Å². The summed E-state index contributed by atoms with van der Waals surface area (Å²) in [5, 5.41) is 0. The van der Waals surface area contributed by atoms with E-state index in [9.17, 15) is 0 Å². The van der Waals surface area contributed by atoms with Crippen LogP contribution in [0.5, 0.6) is 0 Å². The number of fused-ring (bicyclic) bond motifs is 1. The molecule has 0 aromatic heterocycles. The van der Waals surface area contributed by atoms with Gasteiger partial charge in [0, 0.05) is 0 Å². The van der Waals surface area contributed by atoms with Gasteiger partial charge >= 0.3 is 0 Å². The highest BCUT2D eigenvalue weighted by atomic mass is 14.5. The molecule has 2 fully saturated rings. The minimum Gasteiger partial charge on any atom is -0.0622 e. The maximum absolute atomic E-state index is 2.51. The molecule has 2 saturated carbocycles. The van der Waals surface area contributed by atoms with E-state index in [1.165, 1.54) is 32.1 Å². The smallest absolute Gasteiger partial charge is 0.0306 e. The summed E-state index contributed by atoms with van der Waals surface area (Å²) in [4.78, 5) is 0. The maximum Gasteiger partial charge on any atom is -0.0306 e. The zero-order valence-electron chi connectivity index (χ0n) is 10.3. The summed E-state index contributed by atoms with van der Waals surface area (Å²) in [6.45, 7) is 10.00. The lowest BCUT2D eigenvalue weighted by atomic mass is 9.53. The van der Waals surface area contributed by atoms with Crippen molar-refractivity contribution in [2.75, 3.05) is 0 Å². The van der Waals surface area contributed by atoms with E-state index < -0.39 is 0 Å². The molecule has 0 aromatic carbocycles. The van der Waals surface area contributed by atoms with Gasteiger partial charge in [-0.1, -0.05) is 47.0 Å². The molecule has 0 amide bonds. The average Bonchev–Trinajstić information content (AvgIpc) is 2.10. The molecular formula is C14H26. The Labute approximate surface area is 89.5 Å². The third-order valence-electron chi connectivity index (χ3n) is 5.26. The second-order valence-corrected chi connectivity index (χ2v) is 6.58. The van der Waals surface area contributed by atoms with Gasteiger partial charge in [-0.25, -0.2) is 0 Å². The molecule has 82 valence electrons. The zero-order valence-corrected chi connectivity index (χ0v) is 10.3. The molecule has 2 aliphatic rings. The molecule has 0 saturated heterocycles. The van der Waals surface area contributed by atoms with Gasteiger partial charge < -0.3 is 0 Å². The van der Waals surface area contributed by atoms with E-state index in [0.717, 1.165) is 23.7 Å². The molecule has 0 heterocycles. The molecule has 2 rings (SSSR count). The highest BCUT2D eigenvalue weighted by Gasteiger charge is 2.45. The Morgan fingerprint density at radius 3 is 2.43 bits per heavy atom. The summed E-state index contributed by atoms with van der Waals surface area (Å²) in [6.07, 6.45) is 7.46. The van der Waals surface area contributed by atoms with Crippen molar-refractivity contribution in [1.82, 2.24) is 0 Å². The van der Waals surface area contributed by atoms with Crippen molar-refractivity contribution in [2.45, 2.75) is 59.8 Å². The van der Waals surface area contributed by atoms with Crippen LogP contribution in [0, 0.1) is 29.1 Å². The van der Waals surface area contributed by atoms with Crippen molar-refractivity contribution in [3.8, 4) is 0 Å². The van der Waals surface area contributed by atoms with E-state index >= 15 is 0 Å². The Morgan fingerprint density at radius 2 is 1.71 bits per heavy atom. The van der Waals surface area contributed by atoms with Gasteiger partial charge in [-0.15, -0.1) is 0 Å². The van der Waals surface area contributed by atoms with Crippen molar-refractivity contribution < 1.29 is 0 Å². The highest BCUT2D eigenvalue weighted by molar-refractivity contribution is 4.94. The molecule has 0 N–H and O–H groups in total. The van der Waals surface area contributed by atoms with E-state index in [-0.39, 0.29) is 0 Å². The molecular weight excluding hydrogens is 168 g/mol. The first-order chi connectivity index (χ1) is 6.52. The van der Waals surface area contributed by atoms with Crippen LogP contribution >= 0.6 is 0 Å². The van der Waals surface area contributed by atoms with Crippen LogP contribution in [-0.2, 0) is 0 Å². The summed E-state index contributed by atoms with van der Waals surface area (Å²) in [7, 11) is 0. The van der Waals surface area contributed by atoms with Crippen molar-refractivity contribution in [3.05, 3.63) is 0 Å². The first-order valence-corrected chi connectivity index (χ1v) is 6.52.